The normalized spacial score (nSPS) is 16.3. The van der Waals surface area contributed by atoms with Gasteiger partial charge in [-0.2, -0.15) is 5.26 Å². The maximum atomic E-state index is 12.2. The Morgan fingerprint density at radius 3 is 2.41 bits per heavy atom. The molecule has 0 aliphatic carbocycles. The molecule has 0 unspecified atom stereocenters. The van der Waals surface area contributed by atoms with Gasteiger partial charge in [0.1, 0.15) is 0 Å². The smallest absolute Gasteiger partial charge is 0.223 e. The molecule has 2 rings (SSSR count). The highest BCUT2D eigenvalue weighted by Gasteiger charge is 2.24. The Morgan fingerprint density at radius 2 is 1.86 bits per heavy atom. The Morgan fingerprint density at radius 1 is 1.27 bits per heavy atom. The molecule has 1 aromatic carbocycles. The number of sulfone groups is 1. The van der Waals surface area contributed by atoms with Gasteiger partial charge in [0.25, 0.3) is 0 Å². The lowest BCUT2D eigenvalue weighted by Gasteiger charge is -2.29. The molecular weight excluding hydrogens is 300 g/mol. The van der Waals surface area contributed by atoms with E-state index in [-0.39, 0.29) is 28.9 Å². The van der Waals surface area contributed by atoms with Gasteiger partial charge in [-0.05, 0) is 31.9 Å². The first-order chi connectivity index (χ1) is 10.4. The van der Waals surface area contributed by atoms with E-state index in [4.69, 9.17) is 5.26 Å². The van der Waals surface area contributed by atoms with Crippen LogP contribution in [0, 0.1) is 24.2 Å². The summed E-state index contributed by atoms with van der Waals surface area (Å²) in [5.41, 5.74) is 0.996. The molecule has 1 heterocycles. The first kappa shape index (κ1) is 16.5. The summed E-state index contributed by atoms with van der Waals surface area (Å²) in [6.45, 7) is 2.98. The van der Waals surface area contributed by atoms with E-state index in [1.54, 1.807) is 29.2 Å². The molecule has 1 aromatic rings. The maximum Gasteiger partial charge on any atom is 0.223 e. The Bertz CT molecular complexity index is 666. The van der Waals surface area contributed by atoms with Crippen molar-refractivity contribution in [2.24, 2.45) is 5.92 Å². The van der Waals surface area contributed by atoms with Crippen molar-refractivity contribution < 1.29 is 13.2 Å². The highest BCUT2D eigenvalue weighted by atomic mass is 32.2. The van der Waals surface area contributed by atoms with Crippen LogP contribution in [0.1, 0.15) is 24.8 Å². The van der Waals surface area contributed by atoms with Crippen LogP contribution in [-0.2, 0) is 14.6 Å². The summed E-state index contributed by atoms with van der Waals surface area (Å²) in [6.07, 6.45) is 1.34. The molecule has 118 valence electrons. The largest absolute Gasteiger partial charge is 0.343 e. The molecule has 22 heavy (non-hydrogen) atoms. The van der Waals surface area contributed by atoms with Gasteiger partial charge in [-0.15, -0.1) is 0 Å². The van der Waals surface area contributed by atoms with Crippen LogP contribution in [-0.4, -0.2) is 38.1 Å². The van der Waals surface area contributed by atoms with Crippen molar-refractivity contribution in [3.8, 4) is 6.07 Å². The summed E-state index contributed by atoms with van der Waals surface area (Å²) in [5, 5.41) is 8.84. The first-order valence-corrected chi connectivity index (χ1v) is 9.04. The number of benzene rings is 1. The van der Waals surface area contributed by atoms with E-state index < -0.39 is 9.84 Å². The van der Waals surface area contributed by atoms with Crippen LogP contribution in [0.3, 0.4) is 0 Å². The number of carbonyl (C=O) groups excluding carboxylic acids is 1. The molecule has 0 atom stereocenters. The second kappa shape index (κ2) is 6.93. The minimum Gasteiger partial charge on any atom is -0.343 e. The van der Waals surface area contributed by atoms with Crippen LogP contribution in [0.2, 0.25) is 0 Å². The lowest BCUT2D eigenvalue weighted by Crippen LogP contribution is -2.38. The zero-order chi connectivity index (χ0) is 16.2. The Hall–Kier alpha value is -1.87. The molecule has 0 bridgehead atoms. The highest BCUT2D eigenvalue weighted by Crippen LogP contribution is 2.18. The number of hydrogen-bond acceptors (Lipinski definition) is 4. The van der Waals surface area contributed by atoms with Crippen molar-refractivity contribution in [3.63, 3.8) is 0 Å². The zero-order valence-electron chi connectivity index (χ0n) is 12.7. The SMILES string of the molecule is Cc1ccc(S(=O)(=O)CCC(=O)N2CCC(C#N)CC2)cc1. The molecule has 0 spiro atoms. The maximum absolute atomic E-state index is 12.2. The molecule has 0 saturated carbocycles. The number of carbonyl (C=O) groups is 1. The van der Waals surface area contributed by atoms with E-state index in [1.165, 1.54) is 0 Å². The van der Waals surface area contributed by atoms with Crippen molar-refractivity contribution in [2.45, 2.75) is 31.1 Å². The molecule has 1 saturated heterocycles. The molecule has 0 aromatic heterocycles. The van der Waals surface area contributed by atoms with Crippen LogP contribution >= 0.6 is 0 Å². The van der Waals surface area contributed by atoms with Crippen molar-refractivity contribution in [1.82, 2.24) is 4.90 Å². The Balaban J connectivity index is 1.91. The minimum atomic E-state index is -3.43. The summed E-state index contributed by atoms with van der Waals surface area (Å²) in [5.74, 6) is -0.306. The van der Waals surface area contributed by atoms with Crippen molar-refractivity contribution in [1.29, 1.82) is 5.26 Å². The van der Waals surface area contributed by atoms with Crippen molar-refractivity contribution in [2.75, 3.05) is 18.8 Å². The molecule has 0 radical (unpaired) electrons. The topological polar surface area (TPSA) is 78.2 Å². The Labute approximate surface area is 131 Å². The quantitative estimate of drug-likeness (QED) is 0.849. The molecule has 1 aliphatic rings. The third kappa shape index (κ3) is 4.08. The summed E-state index contributed by atoms with van der Waals surface area (Å²) >= 11 is 0. The number of aryl methyl sites for hydroxylation is 1. The summed E-state index contributed by atoms with van der Waals surface area (Å²) < 4.78 is 24.4. The van der Waals surface area contributed by atoms with Gasteiger partial charge in [-0.1, -0.05) is 17.7 Å². The fourth-order valence-electron chi connectivity index (χ4n) is 2.50. The van der Waals surface area contributed by atoms with E-state index >= 15 is 0 Å². The van der Waals surface area contributed by atoms with Crippen LogP contribution < -0.4 is 0 Å². The number of piperidine rings is 1. The van der Waals surface area contributed by atoms with Gasteiger partial charge in [0.2, 0.25) is 5.91 Å². The third-order valence-electron chi connectivity index (χ3n) is 3.99. The van der Waals surface area contributed by atoms with Crippen molar-refractivity contribution >= 4 is 15.7 Å². The molecule has 5 nitrogen and oxygen atoms in total. The fraction of sp³-hybridized carbons (Fsp3) is 0.500. The van der Waals surface area contributed by atoms with Gasteiger partial charge in [-0.3, -0.25) is 4.79 Å². The molecule has 1 fully saturated rings. The van der Waals surface area contributed by atoms with Crippen LogP contribution in [0.5, 0.6) is 0 Å². The van der Waals surface area contributed by atoms with Crippen LogP contribution in [0.25, 0.3) is 0 Å². The van der Waals surface area contributed by atoms with Gasteiger partial charge in [0, 0.05) is 25.4 Å². The van der Waals surface area contributed by atoms with Gasteiger partial charge in [0.05, 0.1) is 16.7 Å². The Kier molecular flexibility index (Phi) is 5.19. The van der Waals surface area contributed by atoms with Gasteiger partial charge in [-0.25, -0.2) is 8.42 Å². The third-order valence-corrected chi connectivity index (χ3v) is 5.73. The lowest BCUT2D eigenvalue weighted by molar-refractivity contribution is -0.131. The van der Waals surface area contributed by atoms with Gasteiger partial charge in [0.15, 0.2) is 9.84 Å². The van der Waals surface area contributed by atoms with E-state index in [0.29, 0.717) is 25.9 Å². The number of nitriles is 1. The first-order valence-electron chi connectivity index (χ1n) is 7.39. The predicted molar refractivity (Wildman–Crippen MR) is 82.8 cm³/mol. The standard InChI is InChI=1S/C16H20N2O3S/c1-13-2-4-15(5-3-13)22(20,21)11-8-16(19)18-9-6-14(12-17)7-10-18/h2-5,14H,6-11H2,1H3. The second-order valence-corrected chi connectivity index (χ2v) is 7.78. The monoisotopic (exact) mass is 320 g/mol. The number of hydrogen-bond donors (Lipinski definition) is 0. The fourth-order valence-corrected chi connectivity index (χ4v) is 3.73. The molecule has 6 heteroatoms. The molecular formula is C16H20N2O3S. The average molecular weight is 320 g/mol. The van der Waals surface area contributed by atoms with Gasteiger partial charge >= 0.3 is 0 Å². The van der Waals surface area contributed by atoms with Crippen molar-refractivity contribution in [3.05, 3.63) is 29.8 Å². The number of nitrogens with zero attached hydrogens (tertiary/aromatic N) is 2. The van der Waals surface area contributed by atoms with E-state index in [1.807, 2.05) is 6.92 Å². The number of amides is 1. The average Bonchev–Trinajstić information content (AvgIpc) is 2.53. The summed E-state index contributed by atoms with van der Waals surface area (Å²) in [7, 11) is -3.43. The molecule has 1 aliphatic heterocycles. The molecule has 1 amide bonds. The highest BCUT2D eigenvalue weighted by molar-refractivity contribution is 7.91. The van der Waals surface area contributed by atoms with E-state index in [0.717, 1.165) is 5.56 Å². The summed E-state index contributed by atoms with van der Waals surface area (Å²) in [6, 6.07) is 8.87. The minimum absolute atomic E-state index is 0.00652. The predicted octanol–water partition coefficient (Wildman–Crippen LogP) is 1.92. The van der Waals surface area contributed by atoms with Crippen LogP contribution in [0.4, 0.5) is 0 Å². The lowest BCUT2D eigenvalue weighted by atomic mass is 9.98. The summed E-state index contributed by atoms with van der Waals surface area (Å²) in [4.78, 5) is 14.0. The zero-order valence-corrected chi connectivity index (χ0v) is 13.5. The van der Waals surface area contributed by atoms with E-state index in [2.05, 4.69) is 6.07 Å². The van der Waals surface area contributed by atoms with Gasteiger partial charge < -0.3 is 4.90 Å². The molecule has 0 N–H and O–H groups in total. The second-order valence-electron chi connectivity index (χ2n) is 5.67. The number of rotatable bonds is 4. The number of likely N-dealkylation sites (tertiary alicyclic amines) is 1. The van der Waals surface area contributed by atoms with E-state index in [9.17, 15) is 13.2 Å². The van der Waals surface area contributed by atoms with Crippen LogP contribution in [0.15, 0.2) is 29.2 Å².